The molecule has 1 aromatic heterocycles. The smallest absolute Gasteiger partial charge is 0.165 e. The van der Waals surface area contributed by atoms with Crippen molar-refractivity contribution < 1.29 is 4.90 Å². The van der Waals surface area contributed by atoms with Crippen LogP contribution in [0.5, 0.6) is 0 Å². The molecule has 1 unspecified atom stereocenters. The average Bonchev–Trinajstić information content (AvgIpc) is 2.70. The van der Waals surface area contributed by atoms with Crippen LogP contribution < -0.4 is 4.90 Å². The molecule has 3 heteroatoms. The number of rotatable bonds is 2. The van der Waals surface area contributed by atoms with Crippen molar-refractivity contribution in [3.63, 3.8) is 0 Å². The van der Waals surface area contributed by atoms with E-state index >= 15 is 0 Å². The summed E-state index contributed by atoms with van der Waals surface area (Å²) in [5, 5.41) is 0. The minimum atomic E-state index is 0.776. The average molecular weight is 244 g/mol. The first-order valence-electron chi connectivity index (χ1n) is 7.00. The van der Waals surface area contributed by atoms with Gasteiger partial charge in [0.15, 0.2) is 5.82 Å². The fraction of sp³-hybridized carbons (Fsp3) is 0.533. The molecule has 1 aliphatic heterocycles. The van der Waals surface area contributed by atoms with E-state index in [2.05, 4.69) is 42.8 Å². The molecule has 1 saturated heterocycles. The van der Waals surface area contributed by atoms with Crippen LogP contribution in [-0.4, -0.2) is 22.1 Å². The van der Waals surface area contributed by atoms with Gasteiger partial charge in [-0.3, -0.25) is 0 Å². The number of likely N-dealkylation sites (tertiary alicyclic amines) is 1. The summed E-state index contributed by atoms with van der Waals surface area (Å²) in [6, 6.07) is 9.19. The van der Waals surface area contributed by atoms with Crippen molar-refractivity contribution in [2.24, 2.45) is 7.05 Å². The van der Waals surface area contributed by atoms with Gasteiger partial charge in [0.05, 0.1) is 23.6 Å². The number of aromatic nitrogens is 2. The molecule has 0 radical (unpaired) electrons. The Morgan fingerprint density at radius 2 is 2.17 bits per heavy atom. The van der Waals surface area contributed by atoms with Gasteiger partial charge < -0.3 is 9.47 Å². The normalized spacial score (nSPS) is 24.6. The molecule has 18 heavy (non-hydrogen) atoms. The van der Waals surface area contributed by atoms with Crippen LogP contribution in [-0.2, 0) is 13.6 Å². The second kappa shape index (κ2) is 4.73. The number of aryl methyl sites for hydroxylation is 1. The molecule has 0 spiro atoms. The molecular formula is C15H22N3+. The molecule has 3 rings (SSSR count). The Bertz CT molecular complexity index is 544. The first-order chi connectivity index (χ1) is 8.75. The number of quaternary nitrogens is 1. The van der Waals surface area contributed by atoms with Crippen molar-refractivity contribution in [2.45, 2.75) is 38.8 Å². The molecule has 96 valence electrons. The van der Waals surface area contributed by atoms with Crippen LogP contribution >= 0.6 is 0 Å². The van der Waals surface area contributed by atoms with Crippen molar-refractivity contribution >= 4 is 11.0 Å². The van der Waals surface area contributed by atoms with Gasteiger partial charge in [-0.1, -0.05) is 12.1 Å². The lowest BCUT2D eigenvalue weighted by molar-refractivity contribution is -0.942. The van der Waals surface area contributed by atoms with Crippen LogP contribution in [0.25, 0.3) is 11.0 Å². The maximum absolute atomic E-state index is 4.78. The lowest BCUT2D eigenvalue weighted by Crippen LogP contribution is -3.15. The highest BCUT2D eigenvalue weighted by Crippen LogP contribution is 2.14. The number of fused-ring (bicyclic) bond motifs is 1. The summed E-state index contributed by atoms with van der Waals surface area (Å²) >= 11 is 0. The zero-order chi connectivity index (χ0) is 12.5. The number of nitrogens with one attached hydrogen (secondary N) is 1. The van der Waals surface area contributed by atoms with Crippen molar-refractivity contribution in [3.05, 3.63) is 30.1 Å². The zero-order valence-electron chi connectivity index (χ0n) is 11.3. The van der Waals surface area contributed by atoms with Gasteiger partial charge in [-0.25, -0.2) is 4.98 Å². The van der Waals surface area contributed by atoms with Crippen molar-refractivity contribution in [1.82, 2.24) is 9.55 Å². The van der Waals surface area contributed by atoms with Gasteiger partial charge in [0.2, 0.25) is 0 Å². The Morgan fingerprint density at radius 1 is 1.33 bits per heavy atom. The summed E-state index contributed by atoms with van der Waals surface area (Å²) in [6.45, 7) is 4.73. The van der Waals surface area contributed by atoms with Crippen LogP contribution in [0, 0.1) is 0 Å². The number of nitrogens with zero attached hydrogens (tertiary/aromatic N) is 2. The highest BCUT2D eigenvalue weighted by molar-refractivity contribution is 5.75. The summed E-state index contributed by atoms with van der Waals surface area (Å²) in [7, 11) is 2.14. The van der Waals surface area contributed by atoms with E-state index in [9.17, 15) is 0 Å². The number of para-hydroxylation sites is 2. The highest BCUT2D eigenvalue weighted by atomic mass is 15.2. The van der Waals surface area contributed by atoms with Gasteiger partial charge in [-0.05, 0) is 38.3 Å². The third-order valence-electron chi connectivity index (χ3n) is 4.35. The molecule has 3 nitrogen and oxygen atoms in total. The molecule has 0 aliphatic carbocycles. The lowest BCUT2D eigenvalue weighted by Gasteiger charge is -2.29. The van der Waals surface area contributed by atoms with E-state index in [0.717, 1.165) is 18.1 Å². The summed E-state index contributed by atoms with van der Waals surface area (Å²) in [5.74, 6) is 1.22. The molecular weight excluding hydrogens is 222 g/mol. The predicted molar refractivity (Wildman–Crippen MR) is 73.6 cm³/mol. The predicted octanol–water partition coefficient (Wildman–Crippen LogP) is 1.53. The molecule has 1 aliphatic rings. The fourth-order valence-electron chi connectivity index (χ4n) is 3.07. The maximum Gasteiger partial charge on any atom is 0.165 e. The zero-order valence-corrected chi connectivity index (χ0v) is 11.3. The number of piperidine rings is 1. The Kier molecular flexibility index (Phi) is 3.08. The molecule has 1 fully saturated rings. The standard InChI is InChI=1S/C15H21N3/c1-12-7-5-6-10-18(12)11-15-16-13-8-3-4-9-14(13)17(15)2/h3-4,8-9,12H,5-7,10-11H2,1-2H3/p+1/t12-/m0/s1. The Hall–Kier alpha value is -1.35. The minimum absolute atomic E-state index is 0.776. The summed E-state index contributed by atoms with van der Waals surface area (Å²) in [4.78, 5) is 6.48. The molecule has 2 heterocycles. The number of hydrogen-bond donors (Lipinski definition) is 1. The molecule has 2 aromatic rings. The SMILES string of the molecule is C[C@H]1CCCC[NH+]1Cc1nc2ccccc2n1C. The molecule has 0 saturated carbocycles. The van der Waals surface area contributed by atoms with Crippen molar-refractivity contribution in [3.8, 4) is 0 Å². The molecule has 2 atom stereocenters. The molecule has 0 bridgehead atoms. The van der Waals surface area contributed by atoms with Gasteiger partial charge in [0.25, 0.3) is 0 Å². The van der Waals surface area contributed by atoms with E-state index in [0.29, 0.717) is 0 Å². The monoisotopic (exact) mass is 244 g/mol. The Morgan fingerprint density at radius 3 is 2.94 bits per heavy atom. The topological polar surface area (TPSA) is 22.3 Å². The summed E-state index contributed by atoms with van der Waals surface area (Å²) in [5.41, 5.74) is 2.37. The van der Waals surface area contributed by atoms with E-state index in [-0.39, 0.29) is 0 Å². The van der Waals surface area contributed by atoms with Gasteiger partial charge in [0.1, 0.15) is 6.54 Å². The van der Waals surface area contributed by atoms with Crippen LogP contribution in [0.15, 0.2) is 24.3 Å². The largest absolute Gasteiger partial charge is 0.326 e. The van der Waals surface area contributed by atoms with Crippen molar-refractivity contribution in [1.29, 1.82) is 0 Å². The molecule has 1 aromatic carbocycles. The van der Waals surface area contributed by atoms with E-state index in [1.165, 1.54) is 37.1 Å². The number of imidazole rings is 1. The third-order valence-corrected chi connectivity index (χ3v) is 4.35. The van der Waals surface area contributed by atoms with E-state index in [4.69, 9.17) is 4.98 Å². The van der Waals surface area contributed by atoms with E-state index in [1.54, 1.807) is 4.90 Å². The van der Waals surface area contributed by atoms with E-state index in [1.807, 2.05) is 0 Å². The number of hydrogen-bond acceptors (Lipinski definition) is 1. The molecule has 1 N–H and O–H groups in total. The van der Waals surface area contributed by atoms with Crippen molar-refractivity contribution in [2.75, 3.05) is 6.54 Å². The Balaban J connectivity index is 1.88. The Labute approximate surface area is 108 Å². The van der Waals surface area contributed by atoms with Crippen LogP contribution in [0.4, 0.5) is 0 Å². The number of benzene rings is 1. The second-order valence-electron chi connectivity index (χ2n) is 5.56. The van der Waals surface area contributed by atoms with Crippen LogP contribution in [0.3, 0.4) is 0 Å². The third kappa shape index (κ3) is 2.03. The summed E-state index contributed by atoms with van der Waals surface area (Å²) in [6.07, 6.45) is 4.12. The van der Waals surface area contributed by atoms with Gasteiger partial charge in [0, 0.05) is 7.05 Å². The van der Waals surface area contributed by atoms with Gasteiger partial charge in [-0.2, -0.15) is 0 Å². The lowest BCUT2D eigenvalue weighted by atomic mass is 10.0. The quantitative estimate of drug-likeness (QED) is 0.850. The second-order valence-corrected chi connectivity index (χ2v) is 5.56. The van der Waals surface area contributed by atoms with Gasteiger partial charge >= 0.3 is 0 Å². The van der Waals surface area contributed by atoms with Gasteiger partial charge in [-0.15, -0.1) is 0 Å². The minimum Gasteiger partial charge on any atom is -0.326 e. The van der Waals surface area contributed by atoms with Crippen LogP contribution in [0.2, 0.25) is 0 Å². The first-order valence-corrected chi connectivity index (χ1v) is 7.00. The molecule has 0 amide bonds. The van der Waals surface area contributed by atoms with Crippen LogP contribution in [0.1, 0.15) is 32.0 Å². The maximum atomic E-state index is 4.78. The first kappa shape index (κ1) is 11.7. The summed E-state index contributed by atoms with van der Waals surface area (Å²) < 4.78 is 2.25. The highest BCUT2D eigenvalue weighted by Gasteiger charge is 2.23. The fourth-order valence-corrected chi connectivity index (χ4v) is 3.07. The van der Waals surface area contributed by atoms with E-state index < -0.39 is 0 Å².